The van der Waals surface area contributed by atoms with Gasteiger partial charge in [0.2, 0.25) is 0 Å². The van der Waals surface area contributed by atoms with Crippen molar-refractivity contribution >= 4 is 15.8 Å². The third-order valence-corrected chi connectivity index (χ3v) is 5.02. The van der Waals surface area contributed by atoms with E-state index in [-0.39, 0.29) is 17.2 Å². The van der Waals surface area contributed by atoms with Crippen LogP contribution in [0.2, 0.25) is 0 Å². The van der Waals surface area contributed by atoms with E-state index in [4.69, 9.17) is 0 Å². The topological polar surface area (TPSA) is 101 Å². The number of aryl methyl sites for hydroxylation is 1. The van der Waals surface area contributed by atoms with Crippen LogP contribution in [0.1, 0.15) is 5.82 Å². The fraction of sp³-hybridized carbons (Fsp3) is 0.357. The number of sulfone groups is 1. The van der Waals surface area contributed by atoms with E-state index in [2.05, 4.69) is 25.7 Å². The summed E-state index contributed by atoms with van der Waals surface area (Å²) in [6.07, 6.45) is 1.44. The normalized spacial score (nSPS) is 12.2. The molecule has 0 aliphatic rings. The molecule has 1 aromatic carbocycles. The highest BCUT2D eigenvalue weighted by atomic mass is 32.2. The van der Waals surface area contributed by atoms with Crippen molar-refractivity contribution in [1.82, 2.24) is 25.4 Å². The van der Waals surface area contributed by atoms with Crippen LogP contribution in [0.5, 0.6) is 0 Å². The van der Waals surface area contributed by atoms with Crippen molar-refractivity contribution in [3.63, 3.8) is 0 Å². The molecule has 0 atom stereocenters. The molecule has 0 bridgehead atoms. The Morgan fingerprint density at radius 3 is 2.71 bits per heavy atom. The summed E-state index contributed by atoms with van der Waals surface area (Å²) in [6.45, 7) is 0.478. The molecule has 10 heteroatoms. The molecule has 0 saturated carbocycles. The molecule has 0 spiro atoms. The SMILES string of the molecule is CN=C(NCCS(=O)(=O)c1ccccc1F)NCc1ncnn1C. The molecule has 0 saturated heterocycles. The van der Waals surface area contributed by atoms with Crippen molar-refractivity contribution in [2.75, 3.05) is 19.3 Å². The van der Waals surface area contributed by atoms with E-state index in [1.807, 2.05) is 0 Å². The van der Waals surface area contributed by atoms with Gasteiger partial charge in [-0.1, -0.05) is 12.1 Å². The molecule has 8 nitrogen and oxygen atoms in total. The zero-order chi connectivity index (χ0) is 17.6. The van der Waals surface area contributed by atoms with Gasteiger partial charge in [0.1, 0.15) is 22.9 Å². The minimum atomic E-state index is -3.71. The molecule has 0 amide bonds. The maximum absolute atomic E-state index is 13.6. The summed E-state index contributed by atoms with van der Waals surface area (Å²) >= 11 is 0. The number of nitrogens with one attached hydrogen (secondary N) is 2. The van der Waals surface area contributed by atoms with Crippen molar-refractivity contribution in [2.45, 2.75) is 11.4 Å². The lowest BCUT2D eigenvalue weighted by molar-refractivity contribution is 0.566. The number of benzene rings is 1. The Labute approximate surface area is 139 Å². The van der Waals surface area contributed by atoms with Gasteiger partial charge in [-0.15, -0.1) is 0 Å². The van der Waals surface area contributed by atoms with Gasteiger partial charge in [-0.25, -0.2) is 17.8 Å². The summed E-state index contributed by atoms with van der Waals surface area (Å²) in [5, 5.41) is 9.82. The lowest BCUT2D eigenvalue weighted by Crippen LogP contribution is -2.39. The number of nitrogens with zero attached hydrogens (tertiary/aromatic N) is 4. The highest BCUT2D eigenvalue weighted by Gasteiger charge is 2.18. The number of hydrogen-bond acceptors (Lipinski definition) is 5. The van der Waals surface area contributed by atoms with Gasteiger partial charge in [-0.3, -0.25) is 9.67 Å². The fourth-order valence-electron chi connectivity index (χ4n) is 1.97. The lowest BCUT2D eigenvalue weighted by atomic mass is 10.3. The van der Waals surface area contributed by atoms with Crippen molar-refractivity contribution in [3.8, 4) is 0 Å². The summed E-state index contributed by atoms with van der Waals surface area (Å²) in [5.74, 6) is 0.124. The van der Waals surface area contributed by atoms with Crippen LogP contribution < -0.4 is 10.6 Å². The fourth-order valence-corrected chi connectivity index (χ4v) is 3.22. The first-order chi connectivity index (χ1) is 11.4. The van der Waals surface area contributed by atoms with E-state index in [9.17, 15) is 12.8 Å². The molecular weight excluding hydrogens is 335 g/mol. The van der Waals surface area contributed by atoms with Crippen LogP contribution in [0.3, 0.4) is 0 Å². The molecule has 2 aromatic rings. The monoisotopic (exact) mass is 354 g/mol. The van der Waals surface area contributed by atoms with E-state index in [1.165, 1.54) is 24.5 Å². The van der Waals surface area contributed by atoms with Crippen LogP contribution in [0.25, 0.3) is 0 Å². The number of halogens is 1. The van der Waals surface area contributed by atoms with E-state index in [1.54, 1.807) is 18.8 Å². The second-order valence-electron chi connectivity index (χ2n) is 4.90. The second kappa shape index (κ2) is 7.86. The predicted octanol–water partition coefficient (Wildman–Crippen LogP) is 0.0931. The molecular formula is C14H19FN6O2S. The quantitative estimate of drug-likeness (QED) is 0.563. The van der Waals surface area contributed by atoms with E-state index in [0.29, 0.717) is 18.3 Å². The van der Waals surface area contributed by atoms with Crippen LogP contribution in [0.15, 0.2) is 40.5 Å². The van der Waals surface area contributed by atoms with Gasteiger partial charge in [-0.05, 0) is 12.1 Å². The molecule has 1 heterocycles. The van der Waals surface area contributed by atoms with Gasteiger partial charge >= 0.3 is 0 Å². The molecule has 1 aromatic heterocycles. The van der Waals surface area contributed by atoms with Crippen LogP contribution in [0.4, 0.5) is 4.39 Å². The van der Waals surface area contributed by atoms with Crippen LogP contribution in [-0.2, 0) is 23.4 Å². The first-order valence-corrected chi connectivity index (χ1v) is 8.84. The number of guanidine groups is 1. The summed E-state index contributed by atoms with van der Waals surface area (Å²) in [4.78, 5) is 7.76. The molecule has 130 valence electrons. The average Bonchev–Trinajstić information content (AvgIpc) is 2.96. The Balaban J connectivity index is 1.88. The van der Waals surface area contributed by atoms with Crippen molar-refractivity contribution < 1.29 is 12.8 Å². The summed E-state index contributed by atoms with van der Waals surface area (Å²) < 4.78 is 39.5. The standard InChI is InChI=1S/C14H19FN6O2S/c1-16-14(18-9-13-19-10-20-21(13)2)17-7-8-24(22,23)12-6-4-3-5-11(12)15/h3-6,10H,7-9H2,1-2H3,(H2,16,17,18). The third-order valence-electron chi connectivity index (χ3n) is 3.28. The molecule has 0 aliphatic carbocycles. The predicted molar refractivity (Wildman–Crippen MR) is 87.7 cm³/mol. The Hall–Kier alpha value is -2.49. The summed E-state index contributed by atoms with van der Waals surface area (Å²) in [5.41, 5.74) is 0. The molecule has 24 heavy (non-hydrogen) atoms. The van der Waals surface area contributed by atoms with Crippen molar-refractivity contribution in [2.24, 2.45) is 12.0 Å². The maximum Gasteiger partial charge on any atom is 0.191 e. The van der Waals surface area contributed by atoms with E-state index < -0.39 is 15.7 Å². The Morgan fingerprint density at radius 2 is 2.08 bits per heavy atom. The first-order valence-electron chi connectivity index (χ1n) is 7.18. The second-order valence-corrected chi connectivity index (χ2v) is 6.98. The molecule has 2 rings (SSSR count). The summed E-state index contributed by atoms with van der Waals surface area (Å²) in [6, 6.07) is 5.32. The van der Waals surface area contributed by atoms with Gasteiger partial charge in [0.05, 0.1) is 12.3 Å². The number of rotatable bonds is 6. The van der Waals surface area contributed by atoms with Gasteiger partial charge in [0.25, 0.3) is 0 Å². The first kappa shape index (κ1) is 17.9. The Bertz CT molecular complexity index is 818. The molecule has 0 radical (unpaired) electrons. The van der Waals surface area contributed by atoms with Crippen molar-refractivity contribution in [3.05, 3.63) is 42.2 Å². The Kier molecular flexibility index (Phi) is 5.85. The van der Waals surface area contributed by atoms with Gasteiger partial charge < -0.3 is 10.6 Å². The highest BCUT2D eigenvalue weighted by Crippen LogP contribution is 2.14. The number of aliphatic imine (C=N–C) groups is 1. The van der Waals surface area contributed by atoms with Crippen LogP contribution in [0, 0.1) is 5.82 Å². The van der Waals surface area contributed by atoms with Gasteiger partial charge in [0, 0.05) is 20.6 Å². The zero-order valence-corrected chi connectivity index (χ0v) is 14.2. The van der Waals surface area contributed by atoms with E-state index >= 15 is 0 Å². The Morgan fingerprint density at radius 1 is 1.33 bits per heavy atom. The molecule has 2 N–H and O–H groups in total. The minimum Gasteiger partial charge on any atom is -0.355 e. The third kappa shape index (κ3) is 4.51. The molecule has 0 unspecified atom stereocenters. The summed E-state index contributed by atoms with van der Waals surface area (Å²) in [7, 11) is -0.375. The minimum absolute atomic E-state index is 0.0924. The smallest absolute Gasteiger partial charge is 0.191 e. The van der Waals surface area contributed by atoms with Crippen molar-refractivity contribution in [1.29, 1.82) is 0 Å². The largest absolute Gasteiger partial charge is 0.355 e. The molecule has 0 fully saturated rings. The van der Waals surface area contributed by atoms with Gasteiger partial charge in [0.15, 0.2) is 15.8 Å². The van der Waals surface area contributed by atoms with Gasteiger partial charge in [-0.2, -0.15) is 5.10 Å². The molecule has 0 aliphatic heterocycles. The maximum atomic E-state index is 13.6. The average molecular weight is 354 g/mol. The lowest BCUT2D eigenvalue weighted by Gasteiger charge is -2.12. The highest BCUT2D eigenvalue weighted by molar-refractivity contribution is 7.91. The zero-order valence-electron chi connectivity index (χ0n) is 13.4. The van der Waals surface area contributed by atoms with Crippen LogP contribution >= 0.6 is 0 Å². The van der Waals surface area contributed by atoms with Crippen LogP contribution in [-0.4, -0.2) is 48.5 Å². The number of hydrogen-bond donors (Lipinski definition) is 2. The van der Waals surface area contributed by atoms with E-state index in [0.717, 1.165) is 6.07 Å². The number of aromatic nitrogens is 3.